The average Bonchev–Trinajstić information content (AvgIpc) is 3.58. The van der Waals surface area contributed by atoms with E-state index in [9.17, 15) is 5.11 Å². The number of aromatic hydroxyl groups is 1. The maximum Gasteiger partial charge on any atom is 0.119 e. The minimum atomic E-state index is 0.528. The predicted molar refractivity (Wildman–Crippen MR) is 116 cm³/mol. The first kappa shape index (κ1) is 20.7. The smallest absolute Gasteiger partial charge is 0.119 e. The summed E-state index contributed by atoms with van der Waals surface area (Å²) in [6, 6.07) is 6.15. The molecule has 0 radical (unpaired) electrons. The van der Waals surface area contributed by atoms with Crippen molar-refractivity contribution in [3.63, 3.8) is 0 Å². The Bertz CT molecular complexity index is 580. The second-order valence-electron chi connectivity index (χ2n) is 10.1. The van der Waals surface area contributed by atoms with E-state index >= 15 is 0 Å². The fraction of sp³-hybridized carbons (Fsp3) is 0.769. The summed E-state index contributed by atoms with van der Waals surface area (Å²) in [4.78, 5) is 0. The number of phenolic OH excluding ortho intramolecular Hbond substituents is 1. The maximum atomic E-state index is 10.4. The van der Waals surface area contributed by atoms with Gasteiger partial charge >= 0.3 is 0 Å². The Morgan fingerprint density at radius 3 is 2.19 bits per heavy atom. The molecular weight excluding hydrogens is 328 g/mol. The number of hydrogen-bond donors (Lipinski definition) is 1. The van der Waals surface area contributed by atoms with Gasteiger partial charge in [0.15, 0.2) is 0 Å². The summed E-state index contributed by atoms with van der Waals surface area (Å²) in [6.45, 7) is 4.80. The molecule has 0 unspecified atom stereocenters. The van der Waals surface area contributed by atoms with Crippen molar-refractivity contribution in [1.82, 2.24) is 0 Å². The van der Waals surface area contributed by atoms with Crippen LogP contribution in [0.1, 0.15) is 115 Å². The molecule has 0 spiro atoms. The number of hydrogen-bond acceptors (Lipinski definition) is 1. The predicted octanol–water partition coefficient (Wildman–Crippen LogP) is 7.98. The fourth-order valence-corrected chi connectivity index (χ4v) is 4.76. The third-order valence-electron chi connectivity index (χ3n) is 7.67. The van der Waals surface area contributed by atoms with Gasteiger partial charge in [-0.1, -0.05) is 64.5 Å². The molecule has 1 aromatic carbocycles. The molecule has 1 N–H and O–H groups in total. The van der Waals surface area contributed by atoms with E-state index < -0.39 is 0 Å². The van der Waals surface area contributed by atoms with Crippen LogP contribution < -0.4 is 0 Å². The zero-order valence-corrected chi connectivity index (χ0v) is 18.0. The van der Waals surface area contributed by atoms with Gasteiger partial charge in [-0.05, 0) is 92.2 Å². The Kier molecular flexibility index (Phi) is 7.29. The SMILES string of the molecule is CCC1(CCCCCCc2cccc(O)c2CCCCCC2(C)CC2)CC1. The Morgan fingerprint density at radius 2 is 1.48 bits per heavy atom. The van der Waals surface area contributed by atoms with E-state index in [1.54, 1.807) is 0 Å². The summed E-state index contributed by atoms with van der Waals surface area (Å²) in [5.41, 5.74) is 4.08. The van der Waals surface area contributed by atoms with Crippen molar-refractivity contribution in [2.75, 3.05) is 0 Å². The fourth-order valence-electron chi connectivity index (χ4n) is 4.76. The Balaban J connectivity index is 1.33. The Hall–Kier alpha value is -0.980. The molecule has 0 saturated heterocycles. The highest BCUT2D eigenvalue weighted by atomic mass is 16.3. The van der Waals surface area contributed by atoms with Crippen molar-refractivity contribution in [3.05, 3.63) is 29.3 Å². The summed E-state index contributed by atoms with van der Waals surface area (Å²) >= 11 is 0. The normalized spacial score (nSPS) is 19.2. The molecule has 152 valence electrons. The second kappa shape index (κ2) is 9.48. The van der Waals surface area contributed by atoms with Crippen LogP contribution in [-0.4, -0.2) is 5.11 Å². The van der Waals surface area contributed by atoms with Crippen molar-refractivity contribution >= 4 is 0 Å². The maximum absolute atomic E-state index is 10.4. The zero-order chi connectivity index (χ0) is 19.2. The molecular formula is C26H42O. The van der Waals surface area contributed by atoms with Crippen molar-refractivity contribution < 1.29 is 5.11 Å². The molecule has 2 aliphatic rings. The molecule has 1 heteroatoms. The molecule has 2 aliphatic carbocycles. The minimum absolute atomic E-state index is 0.528. The van der Waals surface area contributed by atoms with Gasteiger partial charge in [0, 0.05) is 0 Å². The lowest BCUT2D eigenvalue weighted by atomic mass is 9.93. The molecule has 0 aromatic heterocycles. The number of rotatable bonds is 14. The monoisotopic (exact) mass is 370 g/mol. The highest BCUT2D eigenvalue weighted by molar-refractivity contribution is 5.39. The van der Waals surface area contributed by atoms with Crippen molar-refractivity contribution in [2.24, 2.45) is 10.8 Å². The van der Waals surface area contributed by atoms with Gasteiger partial charge in [0.25, 0.3) is 0 Å². The molecule has 0 amide bonds. The summed E-state index contributed by atoms with van der Waals surface area (Å²) < 4.78 is 0. The van der Waals surface area contributed by atoms with E-state index in [0.29, 0.717) is 11.2 Å². The number of benzene rings is 1. The molecule has 0 bridgehead atoms. The molecule has 3 rings (SSSR count). The van der Waals surface area contributed by atoms with Gasteiger partial charge < -0.3 is 5.11 Å². The van der Waals surface area contributed by atoms with Crippen LogP contribution in [0.5, 0.6) is 5.75 Å². The van der Waals surface area contributed by atoms with Crippen LogP contribution in [0.4, 0.5) is 0 Å². The lowest BCUT2D eigenvalue weighted by Gasteiger charge is -2.13. The number of unbranched alkanes of at least 4 members (excludes halogenated alkanes) is 5. The van der Waals surface area contributed by atoms with Gasteiger partial charge in [-0.2, -0.15) is 0 Å². The van der Waals surface area contributed by atoms with E-state index in [4.69, 9.17) is 0 Å². The lowest BCUT2D eigenvalue weighted by molar-refractivity contribution is 0.420. The second-order valence-corrected chi connectivity index (χ2v) is 10.1. The van der Waals surface area contributed by atoms with Gasteiger partial charge in [0.05, 0.1) is 0 Å². The highest BCUT2D eigenvalue weighted by Gasteiger charge is 2.39. The lowest BCUT2D eigenvalue weighted by Crippen LogP contribution is -1.99. The van der Waals surface area contributed by atoms with Gasteiger partial charge in [-0.3, -0.25) is 0 Å². The summed E-state index contributed by atoms with van der Waals surface area (Å²) in [6.07, 6.45) is 21.6. The van der Waals surface area contributed by atoms with E-state index in [1.165, 1.54) is 101 Å². The molecule has 2 saturated carbocycles. The van der Waals surface area contributed by atoms with Crippen LogP contribution in [0.25, 0.3) is 0 Å². The van der Waals surface area contributed by atoms with Crippen LogP contribution in [0.2, 0.25) is 0 Å². The van der Waals surface area contributed by atoms with Crippen molar-refractivity contribution in [1.29, 1.82) is 0 Å². The van der Waals surface area contributed by atoms with Crippen molar-refractivity contribution in [2.45, 2.75) is 117 Å². The molecule has 0 aliphatic heterocycles. The van der Waals surface area contributed by atoms with E-state index in [1.807, 2.05) is 12.1 Å². The third kappa shape index (κ3) is 6.54. The van der Waals surface area contributed by atoms with Crippen LogP contribution in [-0.2, 0) is 12.8 Å². The first-order valence-electron chi connectivity index (χ1n) is 11.9. The Labute approximate surface area is 168 Å². The van der Waals surface area contributed by atoms with E-state index in [-0.39, 0.29) is 0 Å². The Morgan fingerprint density at radius 1 is 0.815 bits per heavy atom. The van der Waals surface area contributed by atoms with Crippen LogP contribution >= 0.6 is 0 Å². The largest absolute Gasteiger partial charge is 0.508 e. The van der Waals surface area contributed by atoms with Gasteiger partial charge in [0.1, 0.15) is 5.75 Å². The standard InChI is InChI=1S/C26H42O/c1-3-26(20-21-26)17-10-5-4-7-12-22-13-11-15-24(27)23(22)14-8-6-9-16-25(2)18-19-25/h11,13,15,27H,3-10,12,14,16-21H2,1-2H3. The quantitative estimate of drug-likeness (QED) is 0.329. The van der Waals surface area contributed by atoms with Gasteiger partial charge in [-0.15, -0.1) is 0 Å². The van der Waals surface area contributed by atoms with Crippen LogP contribution in [0, 0.1) is 10.8 Å². The molecule has 0 heterocycles. The molecule has 0 atom stereocenters. The summed E-state index contributed by atoms with van der Waals surface area (Å²) in [5.74, 6) is 0.528. The molecule has 2 fully saturated rings. The highest BCUT2D eigenvalue weighted by Crippen LogP contribution is 2.52. The molecule has 1 aromatic rings. The minimum Gasteiger partial charge on any atom is -0.508 e. The first-order valence-corrected chi connectivity index (χ1v) is 11.9. The summed E-state index contributed by atoms with van der Waals surface area (Å²) in [5, 5.41) is 10.4. The van der Waals surface area contributed by atoms with Gasteiger partial charge in [0.2, 0.25) is 0 Å². The summed E-state index contributed by atoms with van der Waals surface area (Å²) in [7, 11) is 0. The molecule has 1 nitrogen and oxygen atoms in total. The third-order valence-corrected chi connectivity index (χ3v) is 7.67. The van der Waals surface area contributed by atoms with E-state index in [0.717, 1.165) is 18.3 Å². The van der Waals surface area contributed by atoms with E-state index in [2.05, 4.69) is 19.9 Å². The van der Waals surface area contributed by atoms with Crippen LogP contribution in [0.3, 0.4) is 0 Å². The number of aryl methyl sites for hydroxylation is 1. The van der Waals surface area contributed by atoms with Gasteiger partial charge in [-0.25, -0.2) is 0 Å². The molecule has 27 heavy (non-hydrogen) atoms. The van der Waals surface area contributed by atoms with Crippen molar-refractivity contribution in [3.8, 4) is 5.75 Å². The topological polar surface area (TPSA) is 20.2 Å². The van der Waals surface area contributed by atoms with Crippen LogP contribution in [0.15, 0.2) is 18.2 Å². The first-order chi connectivity index (χ1) is 13.1. The number of phenols is 1. The average molecular weight is 371 g/mol. The zero-order valence-electron chi connectivity index (χ0n) is 18.0.